The third kappa shape index (κ3) is 2.15. The summed E-state index contributed by atoms with van der Waals surface area (Å²) in [7, 11) is 0. The van der Waals surface area contributed by atoms with E-state index in [0.29, 0.717) is 5.56 Å². The summed E-state index contributed by atoms with van der Waals surface area (Å²) in [6.07, 6.45) is 3.57. The molecule has 0 atom stereocenters. The highest BCUT2D eigenvalue weighted by Gasteiger charge is 2.13. The monoisotopic (exact) mass is 270 g/mol. The Morgan fingerprint density at radius 3 is 2.74 bits per heavy atom. The van der Waals surface area contributed by atoms with Crippen molar-refractivity contribution in [3.8, 4) is 15.4 Å². The van der Waals surface area contributed by atoms with Gasteiger partial charge in [0.15, 0.2) is 0 Å². The van der Waals surface area contributed by atoms with Crippen molar-refractivity contribution in [2.24, 2.45) is 0 Å². The van der Waals surface area contributed by atoms with E-state index in [1.165, 1.54) is 11.3 Å². The first-order chi connectivity index (χ1) is 9.25. The summed E-state index contributed by atoms with van der Waals surface area (Å²) in [5.74, 6) is -0.912. The van der Waals surface area contributed by atoms with E-state index in [0.717, 1.165) is 15.4 Å². The van der Waals surface area contributed by atoms with E-state index in [2.05, 4.69) is 5.10 Å². The van der Waals surface area contributed by atoms with E-state index in [1.807, 2.05) is 36.5 Å². The highest BCUT2D eigenvalue weighted by Crippen LogP contribution is 2.32. The number of thiophene rings is 1. The van der Waals surface area contributed by atoms with Crippen LogP contribution in [0.1, 0.15) is 10.4 Å². The minimum atomic E-state index is -0.912. The van der Waals surface area contributed by atoms with E-state index in [9.17, 15) is 9.90 Å². The van der Waals surface area contributed by atoms with E-state index in [1.54, 1.807) is 23.0 Å². The molecule has 1 N–H and O–H groups in total. The van der Waals surface area contributed by atoms with Crippen molar-refractivity contribution in [1.29, 1.82) is 0 Å². The molecule has 4 nitrogen and oxygen atoms in total. The van der Waals surface area contributed by atoms with Crippen LogP contribution in [0.15, 0.2) is 54.9 Å². The Hall–Kier alpha value is -2.40. The molecule has 0 amide bonds. The average Bonchev–Trinajstić information content (AvgIpc) is 3.09. The number of carboxylic acids is 1. The lowest BCUT2D eigenvalue weighted by Crippen LogP contribution is -1.97. The van der Waals surface area contributed by atoms with Gasteiger partial charge >= 0.3 is 5.97 Å². The van der Waals surface area contributed by atoms with Crippen molar-refractivity contribution in [3.05, 3.63) is 60.4 Å². The molecular weight excluding hydrogens is 260 g/mol. The second-order valence-electron chi connectivity index (χ2n) is 3.94. The van der Waals surface area contributed by atoms with Crippen LogP contribution in [0, 0.1) is 0 Å². The zero-order valence-electron chi connectivity index (χ0n) is 9.85. The molecule has 19 heavy (non-hydrogen) atoms. The van der Waals surface area contributed by atoms with Gasteiger partial charge in [0.05, 0.1) is 5.56 Å². The lowest BCUT2D eigenvalue weighted by atomic mass is 10.1. The summed E-state index contributed by atoms with van der Waals surface area (Å²) < 4.78 is 1.76. The zero-order chi connectivity index (χ0) is 13.2. The van der Waals surface area contributed by atoms with Gasteiger partial charge in [-0.1, -0.05) is 18.2 Å². The third-order valence-corrected chi connectivity index (χ3v) is 3.85. The lowest BCUT2D eigenvalue weighted by molar-refractivity contribution is 0.0698. The van der Waals surface area contributed by atoms with Crippen LogP contribution in [0.25, 0.3) is 15.4 Å². The smallest absolute Gasteiger partial charge is 0.336 e. The molecule has 2 aromatic heterocycles. The van der Waals surface area contributed by atoms with Gasteiger partial charge in [-0.2, -0.15) is 5.10 Å². The van der Waals surface area contributed by atoms with Crippen LogP contribution in [0.2, 0.25) is 0 Å². The van der Waals surface area contributed by atoms with Crippen molar-refractivity contribution in [2.75, 3.05) is 0 Å². The van der Waals surface area contributed by atoms with Crippen molar-refractivity contribution >= 4 is 17.3 Å². The fourth-order valence-electron chi connectivity index (χ4n) is 1.88. The van der Waals surface area contributed by atoms with Crippen molar-refractivity contribution in [2.45, 2.75) is 0 Å². The van der Waals surface area contributed by atoms with Crippen molar-refractivity contribution in [1.82, 2.24) is 9.78 Å². The Morgan fingerprint density at radius 2 is 2.00 bits per heavy atom. The SMILES string of the molecule is O=C(O)c1ccccc1-c1ccc(-n2cccn2)s1. The van der Waals surface area contributed by atoms with E-state index >= 15 is 0 Å². The molecular formula is C14H10N2O2S. The summed E-state index contributed by atoms with van der Waals surface area (Å²) in [6.45, 7) is 0. The van der Waals surface area contributed by atoms with Crippen LogP contribution in [0.5, 0.6) is 0 Å². The third-order valence-electron chi connectivity index (χ3n) is 2.74. The maximum atomic E-state index is 11.2. The van der Waals surface area contributed by atoms with E-state index in [-0.39, 0.29) is 0 Å². The Morgan fingerprint density at radius 1 is 1.16 bits per heavy atom. The van der Waals surface area contributed by atoms with Gasteiger partial charge in [0, 0.05) is 22.8 Å². The van der Waals surface area contributed by atoms with Gasteiger partial charge in [0.2, 0.25) is 0 Å². The van der Waals surface area contributed by atoms with Crippen molar-refractivity contribution < 1.29 is 9.90 Å². The Labute approximate surface area is 113 Å². The lowest BCUT2D eigenvalue weighted by Gasteiger charge is -2.02. The summed E-state index contributed by atoms with van der Waals surface area (Å²) in [5.41, 5.74) is 1.05. The van der Waals surface area contributed by atoms with Crippen LogP contribution in [-0.4, -0.2) is 20.9 Å². The van der Waals surface area contributed by atoms with Crippen LogP contribution < -0.4 is 0 Å². The van der Waals surface area contributed by atoms with Crippen LogP contribution in [0.3, 0.4) is 0 Å². The molecule has 0 radical (unpaired) electrons. The number of rotatable bonds is 3. The Kier molecular flexibility index (Phi) is 2.89. The quantitative estimate of drug-likeness (QED) is 0.794. The van der Waals surface area contributed by atoms with Crippen LogP contribution in [0.4, 0.5) is 0 Å². The molecule has 0 spiro atoms. The van der Waals surface area contributed by atoms with Gasteiger partial charge in [0.1, 0.15) is 5.00 Å². The first-order valence-corrected chi connectivity index (χ1v) is 6.50. The van der Waals surface area contributed by atoms with E-state index in [4.69, 9.17) is 0 Å². The van der Waals surface area contributed by atoms with Gasteiger partial charge < -0.3 is 5.11 Å². The maximum absolute atomic E-state index is 11.2. The molecule has 0 aliphatic rings. The molecule has 94 valence electrons. The van der Waals surface area contributed by atoms with Gasteiger partial charge in [-0.05, 0) is 24.3 Å². The largest absolute Gasteiger partial charge is 0.478 e. The normalized spacial score (nSPS) is 10.5. The highest BCUT2D eigenvalue weighted by molar-refractivity contribution is 7.17. The van der Waals surface area contributed by atoms with Gasteiger partial charge in [0.25, 0.3) is 0 Å². The van der Waals surface area contributed by atoms with Crippen molar-refractivity contribution in [3.63, 3.8) is 0 Å². The predicted molar refractivity (Wildman–Crippen MR) is 73.8 cm³/mol. The summed E-state index contributed by atoms with van der Waals surface area (Å²) in [6, 6.07) is 12.7. The highest BCUT2D eigenvalue weighted by atomic mass is 32.1. The van der Waals surface area contributed by atoms with Gasteiger partial charge in [-0.25, -0.2) is 9.48 Å². The number of aromatic carboxylic acids is 1. The molecule has 2 heterocycles. The standard InChI is InChI=1S/C14H10N2O2S/c17-14(18)11-5-2-1-4-10(11)12-6-7-13(19-12)16-9-3-8-15-16/h1-9H,(H,17,18). The zero-order valence-corrected chi connectivity index (χ0v) is 10.7. The molecule has 3 aromatic rings. The first kappa shape index (κ1) is 11.7. The number of carboxylic acid groups (broad SMARTS) is 1. The number of hydrogen-bond acceptors (Lipinski definition) is 3. The minimum absolute atomic E-state index is 0.316. The molecule has 3 rings (SSSR count). The summed E-state index contributed by atoms with van der Waals surface area (Å²) >= 11 is 1.51. The number of benzene rings is 1. The van der Waals surface area contributed by atoms with Crippen LogP contribution >= 0.6 is 11.3 Å². The number of nitrogens with zero attached hydrogens (tertiary/aromatic N) is 2. The predicted octanol–water partition coefficient (Wildman–Crippen LogP) is 3.30. The molecule has 0 saturated carbocycles. The molecule has 0 bridgehead atoms. The molecule has 0 aliphatic heterocycles. The summed E-state index contributed by atoms with van der Waals surface area (Å²) in [4.78, 5) is 12.1. The second-order valence-corrected chi connectivity index (χ2v) is 5.00. The van der Waals surface area contributed by atoms with Gasteiger partial charge in [-0.3, -0.25) is 0 Å². The van der Waals surface area contributed by atoms with Gasteiger partial charge in [-0.15, -0.1) is 11.3 Å². The number of hydrogen-bond donors (Lipinski definition) is 1. The van der Waals surface area contributed by atoms with E-state index < -0.39 is 5.97 Å². The number of carbonyl (C=O) groups is 1. The average molecular weight is 270 g/mol. The molecule has 0 unspecified atom stereocenters. The fourth-order valence-corrected chi connectivity index (χ4v) is 2.87. The Balaban J connectivity index is 2.06. The van der Waals surface area contributed by atoms with Crippen LogP contribution in [-0.2, 0) is 0 Å². The second kappa shape index (κ2) is 4.70. The molecule has 0 aliphatic carbocycles. The topological polar surface area (TPSA) is 55.1 Å². The minimum Gasteiger partial charge on any atom is -0.478 e. The molecule has 0 fully saturated rings. The Bertz CT molecular complexity index is 717. The first-order valence-electron chi connectivity index (χ1n) is 5.68. The number of aromatic nitrogens is 2. The summed E-state index contributed by atoms with van der Waals surface area (Å²) in [5, 5.41) is 14.3. The molecule has 5 heteroatoms. The fraction of sp³-hybridized carbons (Fsp3) is 0. The molecule has 1 aromatic carbocycles. The maximum Gasteiger partial charge on any atom is 0.336 e. The molecule has 0 saturated heterocycles.